The number of ether oxygens (including phenoxy) is 1. The van der Waals surface area contributed by atoms with Crippen molar-refractivity contribution in [3.8, 4) is 5.75 Å². The van der Waals surface area contributed by atoms with E-state index in [0.29, 0.717) is 25.9 Å². The van der Waals surface area contributed by atoms with E-state index in [2.05, 4.69) is 10.3 Å². The zero-order valence-electron chi connectivity index (χ0n) is 9.24. The molecule has 2 rings (SSSR count). The number of carbonyl (C=O) groups excluding carboxylic acids is 1. The third kappa shape index (κ3) is 3.35. The van der Waals surface area contributed by atoms with Gasteiger partial charge in [0.15, 0.2) is 10.9 Å². The van der Waals surface area contributed by atoms with Crippen molar-refractivity contribution < 1.29 is 9.53 Å². The Bertz CT molecular complexity index is 586. The molecule has 0 atom stereocenters. The average molecular weight is 303 g/mol. The van der Waals surface area contributed by atoms with Gasteiger partial charge in [-0.3, -0.25) is 4.79 Å². The Morgan fingerprint density at radius 2 is 2.22 bits per heavy atom. The standard InChI is InChI=1S/C11H8Cl2N2O2S/c1-6(16)17-9-3-2-7(12)4-8(9)15-11-14-5-10(13)18-11/h2-5H,1H3,(H,14,15). The molecule has 4 nitrogen and oxygen atoms in total. The van der Waals surface area contributed by atoms with Crippen molar-refractivity contribution in [3.63, 3.8) is 0 Å². The van der Waals surface area contributed by atoms with Crippen LogP contribution >= 0.6 is 34.5 Å². The summed E-state index contributed by atoms with van der Waals surface area (Å²) >= 11 is 13.0. The van der Waals surface area contributed by atoms with Crippen LogP contribution in [0.3, 0.4) is 0 Å². The number of nitrogens with one attached hydrogen (secondary N) is 1. The summed E-state index contributed by atoms with van der Waals surface area (Å²) in [6, 6.07) is 4.90. The topological polar surface area (TPSA) is 51.2 Å². The molecule has 0 aliphatic carbocycles. The van der Waals surface area contributed by atoms with E-state index in [1.807, 2.05) is 0 Å². The third-order valence-corrected chi connectivity index (χ3v) is 3.18. The molecule has 7 heteroatoms. The molecule has 0 unspecified atom stereocenters. The van der Waals surface area contributed by atoms with Crippen LogP contribution < -0.4 is 10.1 Å². The first-order chi connectivity index (χ1) is 8.54. The Kier molecular flexibility index (Phi) is 4.06. The molecule has 18 heavy (non-hydrogen) atoms. The van der Waals surface area contributed by atoms with Crippen LogP contribution in [0.1, 0.15) is 6.92 Å². The molecule has 0 saturated carbocycles. The molecule has 0 aliphatic rings. The maximum Gasteiger partial charge on any atom is 0.308 e. The lowest BCUT2D eigenvalue weighted by atomic mass is 10.3. The van der Waals surface area contributed by atoms with E-state index in [-0.39, 0.29) is 0 Å². The quantitative estimate of drug-likeness (QED) is 0.684. The van der Waals surface area contributed by atoms with Crippen molar-refractivity contribution in [2.75, 3.05) is 5.32 Å². The first-order valence-electron chi connectivity index (χ1n) is 4.91. The lowest BCUT2D eigenvalue weighted by Crippen LogP contribution is -2.03. The van der Waals surface area contributed by atoms with Crippen molar-refractivity contribution >= 4 is 51.3 Å². The summed E-state index contributed by atoms with van der Waals surface area (Å²) in [5, 5.41) is 4.12. The summed E-state index contributed by atoms with van der Waals surface area (Å²) in [6.45, 7) is 1.33. The Morgan fingerprint density at radius 1 is 1.44 bits per heavy atom. The molecule has 0 spiro atoms. The molecule has 2 aromatic rings. The van der Waals surface area contributed by atoms with Gasteiger partial charge < -0.3 is 10.1 Å². The van der Waals surface area contributed by atoms with Gasteiger partial charge in [0, 0.05) is 11.9 Å². The fourth-order valence-corrected chi connectivity index (χ4v) is 2.27. The Balaban J connectivity index is 2.29. The van der Waals surface area contributed by atoms with Crippen LogP contribution in [0.5, 0.6) is 5.75 Å². The minimum Gasteiger partial charge on any atom is -0.424 e. The smallest absolute Gasteiger partial charge is 0.308 e. The van der Waals surface area contributed by atoms with Crippen molar-refractivity contribution in [2.24, 2.45) is 0 Å². The molecule has 0 saturated heterocycles. The summed E-state index contributed by atoms with van der Waals surface area (Å²) in [7, 11) is 0. The molecule has 0 fully saturated rings. The van der Waals surface area contributed by atoms with Gasteiger partial charge in [-0.2, -0.15) is 0 Å². The van der Waals surface area contributed by atoms with E-state index in [9.17, 15) is 4.79 Å². The maximum absolute atomic E-state index is 11.0. The number of esters is 1. The van der Waals surface area contributed by atoms with E-state index in [1.54, 1.807) is 18.2 Å². The monoisotopic (exact) mass is 302 g/mol. The van der Waals surface area contributed by atoms with Crippen LogP contribution in [-0.2, 0) is 4.79 Å². The number of thiazole rings is 1. The summed E-state index contributed by atoms with van der Waals surface area (Å²) in [5.74, 6) is -0.0178. The summed E-state index contributed by atoms with van der Waals surface area (Å²) < 4.78 is 5.63. The highest BCUT2D eigenvalue weighted by Gasteiger charge is 2.09. The van der Waals surface area contributed by atoms with Gasteiger partial charge in [0.05, 0.1) is 11.9 Å². The van der Waals surface area contributed by atoms with Crippen LogP contribution in [-0.4, -0.2) is 11.0 Å². The second kappa shape index (κ2) is 5.56. The first kappa shape index (κ1) is 13.1. The van der Waals surface area contributed by atoms with Crippen molar-refractivity contribution in [1.82, 2.24) is 4.98 Å². The Morgan fingerprint density at radius 3 is 2.83 bits per heavy atom. The number of hydrogen-bond acceptors (Lipinski definition) is 5. The van der Waals surface area contributed by atoms with Crippen molar-refractivity contribution in [3.05, 3.63) is 33.8 Å². The fraction of sp³-hybridized carbons (Fsp3) is 0.0909. The molecular weight excluding hydrogens is 295 g/mol. The summed E-state index contributed by atoms with van der Waals surface area (Å²) in [4.78, 5) is 15.0. The molecule has 0 bridgehead atoms. The van der Waals surface area contributed by atoms with Crippen LogP contribution in [0.4, 0.5) is 10.8 Å². The Labute approximate surface area is 118 Å². The van der Waals surface area contributed by atoms with Gasteiger partial charge in [0.2, 0.25) is 0 Å². The molecule has 1 N–H and O–H groups in total. The number of aromatic nitrogens is 1. The minimum atomic E-state index is -0.405. The third-order valence-electron chi connectivity index (χ3n) is 1.91. The molecule has 1 heterocycles. The zero-order valence-corrected chi connectivity index (χ0v) is 11.6. The van der Waals surface area contributed by atoms with E-state index in [0.717, 1.165) is 0 Å². The van der Waals surface area contributed by atoms with E-state index >= 15 is 0 Å². The predicted molar refractivity (Wildman–Crippen MR) is 73.2 cm³/mol. The van der Waals surface area contributed by atoms with Crippen molar-refractivity contribution in [1.29, 1.82) is 0 Å². The van der Waals surface area contributed by atoms with E-state index in [4.69, 9.17) is 27.9 Å². The number of carbonyl (C=O) groups is 1. The van der Waals surface area contributed by atoms with Gasteiger partial charge in [0.1, 0.15) is 4.34 Å². The summed E-state index contributed by atoms with van der Waals surface area (Å²) in [5.41, 5.74) is 0.559. The number of benzene rings is 1. The second-order valence-electron chi connectivity index (χ2n) is 3.33. The highest BCUT2D eigenvalue weighted by Crippen LogP contribution is 2.33. The lowest BCUT2D eigenvalue weighted by Gasteiger charge is -2.09. The van der Waals surface area contributed by atoms with Gasteiger partial charge in [-0.25, -0.2) is 4.98 Å². The fourth-order valence-electron chi connectivity index (χ4n) is 1.27. The first-order valence-corrected chi connectivity index (χ1v) is 6.48. The summed E-state index contributed by atoms with van der Waals surface area (Å²) in [6.07, 6.45) is 1.53. The van der Waals surface area contributed by atoms with Crippen LogP contribution in [0.15, 0.2) is 24.4 Å². The van der Waals surface area contributed by atoms with Gasteiger partial charge in [-0.15, -0.1) is 0 Å². The second-order valence-corrected chi connectivity index (χ2v) is 5.43. The number of anilines is 2. The number of rotatable bonds is 3. The lowest BCUT2D eigenvalue weighted by molar-refractivity contribution is -0.131. The van der Waals surface area contributed by atoms with Gasteiger partial charge in [0.25, 0.3) is 0 Å². The van der Waals surface area contributed by atoms with Crippen LogP contribution in [0, 0.1) is 0 Å². The van der Waals surface area contributed by atoms with E-state index in [1.165, 1.54) is 24.5 Å². The van der Waals surface area contributed by atoms with Gasteiger partial charge in [-0.1, -0.05) is 34.5 Å². The highest BCUT2D eigenvalue weighted by molar-refractivity contribution is 7.19. The molecule has 1 aromatic heterocycles. The van der Waals surface area contributed by atoms with Gasteiger partial charge in [-0.05, 0) is 18.2 Å². The highest BCUT2D eigenvalue weighted by atomic mass is 35.5. The van der Waals surface area contributed by atoms with Gasteiger partial charge >= 0.3 is 5.97 Å². The molecule has 94 valence electrons. The number of nitrogens with zero attached hydrogens (tertiary/aromatic N) is 1. The largest absolute Gasteiger partial charge is 0.424 e. The average Bonchev–Trinajstić information content (AvgIpc) is 2.67. The zero-order chi connectivity index (χ0) is 13.1. The molecule has 0 radical (unpaired) electrons. The Hall–Kier alpha value is -1.30. The minimum absolute atomic E-state index is 0.387. The number of hydrogen-bond donors (Lipinski definition) is 1. The van der Waals surface area contributed by atoms with Crippen LogP contribution in [0.2, 0.25) is 9.36 Å². The molecule has 1 aromatic carbocycles. The normalized spacial score (nSPS) is 10.2. The maximum atomic E-state index is 11.0. The van der Waals surface area contributed by atoms with Crippen molar-refractivity contribution in [2.45, 2.75) is 6.92 Å². The molecular formula is C11H8Cl2N2O2S. The number of halogens is 2. The van der Waals surface area contributed by atoms with Crippen LogP contribution in [0.25, 0.3) is 0 Å². The van der Waals surface area contributed by atoms with E-state index < -0.39 is 5.97 Å². The predicted octanol–water partition coefficient (Wildman–Crippen LogP) is 4.12. The SMILES string of the molecule is CC(=O)Oc1ccc(Cl)cc1Nc1ncc(Cl)s1. The molecule has 0 amide bonds. The molecule has 0 aliphatic heterocycles.